The molecule has 0 radical (unpaired) electrons. The molecule has 5 nitrogen and oxygen atoms in total. The van der Waals surface area contributed by atoms with E-state index in [9.17, 15) is 4.79 Å². The van der Waals surface area contributed by atoms with E-state index in [4.69, 9.17) is 9.72 Å². The SMILES string of the molecule is CCc1ccc(N2C[C@@H](c3nc4ccccc4n3CCOc3cccc(C)c3C)CC2=O)cc1. The predicted octanol–water partition coefficient (Wildman–Crippen LogP) is 5.82. The van der Waals surface area contributed by atoms with Crippen LogP contribution >= 0.6 is 0 Å². The summed E-state index contributed by atoms with van der Waals surface area (Å²) in [6.07, 6.45) is 1.46. The number of aromatic nitrogens is 2. The fourth-order valence-electron chi connectivity index (χ4n) is 4.81. The van der Waals surface area contributed by atoms with Gasteiger partial charge in [0.25, 0.3) is 0 Å². The average Bonchev–Trinajstić information content (AvgIpc) is 3.42. The van der Waals surface area contributed by atoms with Gasteiger partial charge in [-0.1, -0.05) is 43.3 Å². The smallest absolute Gasteiger partial charge is 0.227 e. The minimum Gasteiger partial charge on any atom is -0.491 e. The van der Waals surface area contributed by atoms with Crippen LogP contribution in [0.25, 0.3) is 11.0 Å². The lowest BCUT2D eigenvalue weighted by Crippen LogP contribution is -2.24. The highest BCUT2D eigenvalue weighted by atomic mass is 16.5. The van der Waals surface area contributed by atoms with Crippen LogP contribution in [0.15, 0.2) is 66.7 Å². The topological polar surface area (TPSA) is 47.4 Å². The summed E-state index contributed by atoms with van der Waals surface area (Å²) < 4.78 is 8.40. The Labute approximate surface area is 201 Å². The number of aryl methyl sites for hydroxylation is 2. The summed E-state index contributed by atoms with van der Waals surface area (Å²) in [5, 5.41) is 0. The van der Waals surface area contributed by atoms with Crippen LogP contribution in [-0.2, 0) is 17.8 Å². The third kappa shape index (κ3) is 4.18. The predicted molar refractivity (Wildman–Crippen MR) is 137 cm³/mol. The third-order valence-corrected chi connectivity index (χ3v) is 6.96. The quantitative estimate of drug-likeness (QED) is 0.354. The molecule has 1 aliphatic heterocycles. The van der Waals surface area contributed by atoms with Gasteiger partial charge >= 0.3 is 0 Å². The zero-order chi connectivity index (χ0) is 23.7. The molecule has 1 aliphatic rings. The fourth-order valence-corrected chi connectivity index (χ4v) is 4.81. The second kappa shape index (κ2) is 9.34. The first-order valence-electron chi connectivity index (χ1n) is 12.1. The number of amides is 1. The van der Waals surface area contributed by atoms with Crippen molar-refractivity contribution in [3.05, 3.63) is 89.2 Å². The molecule has 1 saturated heterocycles. The molecule has 1 aromatic heterocycles. The molecule has 174 valence electrons. The summed E-state index contributed by atoms with van der Waals surface area (Å²) in [5.41, 5.74) is 6.68. The largest absolute Gasteiger partial charge is 0.491 e. The number of carbonyl (C=O) groups is 1. The van der Waals surface area contributed by atoms with E-state index in [1.54, 1.807) is 0 Å². The van der Waals surface area contributed by atoms with Crippen LogP contribution in [0.2, 0.25) is 0 Å². The summed E-state index contributed by atoms with van der Waals surface area (Å²) in [5.74, 6) is 2.08. The highest BCUT2D eigenvalue weighted by Gasteiger charge is 2.34. The van der Waals surface area contributed by atoms with Crippen LogP contribution in [0.4, 0.5) is 5.69 Å². The molecule has 4 aromatic rings. The Morgan fingerprint density at radius 2 is 1.79 bits per heavy atom. The summed E-state index contributed by atoms with van der Waals surface area (Å²) in [7, 11) is 0. The van der Waals surface area contributed by atoms with Crippen molar-refractivity contribution < 1.29 is 9.53 Å². The second-order valence-corrected chi connectivity index (χ2v) is 9.08. The lowest BCUT2D eigenvalue weighted by Gasteiger charge is -2.18. The van der Waals surface area contributed by atoms with Gasteiger partial charge in [0.05, 0.1) is 17.6 Å². The Morgan fingerprint density at radius 3 is 2.59 bits per heavy atom. The van der Waals surface area contributed by atoms with Crippen molar-refractivity contribution >= 4 is 22.6 Å². The number of benzene rings is 3. The molecular weight excluding hydrogens is 422 g/mol. The first-order chi connectivity index (χ1) is 16.5. The van der Waals surface area contributed by atoms with Gasteiger partial charge in [-0.2, -0.15) is 0 Å². The van der Waals surface area contributed by atoms with Gasteiger partial charge in [-0.05, 0) is 67.3 Å². The summed E-state index contributed by atoms with van der Waals surface area (Å²) in [4.78, 5) is 19.8. The molecule has 0 N–H and O–H groups in total. The van der Waals surface area contributed by atoms with Crippen molar-refractivity contribution in [1.29, 1.82) is 0 Å². The lowest BCUT2D eigenvalue weighted by atomic mass is 10.1. The van der Waals surface area contributed by atoms with E-state index in [2.05, 4.69) is 61.7 Å². The van der Waals surface area contributed by atoms with Gasteiger partial charge in [-0.15, -0.1) is 0 Å². The molecule has 5 rings (SSSR count). The van der Waals surface area contributed by atoms with E-state index in [0.29, 0.717) is 26.1 Å². The van der Waals surface area contributed by atoms with Crippen molar-refractivity contribution in [2.75, 3.05) is 18.1 Å². The maximum absolute atomic E-state index is 13.0. The van der Waals surface area contributed by atoms with Gasteiger partial charge in [0.2, 0.25) is 5.91 Å². The molecule has 0 aliphatic carbocycles. The normalized spacial score (nSPS) is 15.9. The van der Waals surface area contributed by atoms with Crippen molar-refractivity contribution in [2.24, 2.45) is 0 Å². The van der Waals surface area contributed by atoms with Crippen molar-refractivity contribution in [3.63, 3.8) is 0 Å². The molecule has 1 atom stereocenters. The van der Waals surface area contributed by atoms with E-state index in [1.807, 2.05) is 35.2 Å². The highest BCUT2D eigenvalue weighted by molar-refractivity contribution is 5.96. The van der Waals surface area contributed by atoms with Crippen molar-refractivity contribution in [1.82, 2.24) is 9.55 Å². The Morgan fingerprint density at radius 1 is 1.00 bits per heavy atom. The van der Waals surface area contributed by atoms with E-state index >= 15 is 0 Å². The first-order valence-corrected chi connectivity index (χ1v) is 12.1. The fraction of sp³-hybridized carbons (Fsp3) is 0.310. The number of ether oxygens (including phenoxy) is 1. The maximum atomic E-state index is 13.0. The van der Waals surface area contributed by atoms with Gasteiger partial charge in [-0.3, -0.25) is 4.79 Å². The van der Waals surface area contributed by atoms with Crippen LogP contribution < -0.4 is 9.64 Å². The summed E-state index contributed by atoms with van der Waals surface area (Å²) >= 11 is 0. The molecule has 3 aromatic carbocycles. The molecule has 0 bridgehead atoms. The maximum Gasteiger partial charge on any atom is 0.227 e. The zero-order valence-electron chi connectivity index (χ0n) is 20.1. The van der Waals surface area contributed by atoms with E-state index in [0.717, 1.165) is 34.7 Å². The molecule has 1 fully saturated rings. The number of imidazole rings is 1. The number of carbonyl (C=O) groups excluding carboxylic acids is 1. The monoisotopic (exact) mass is 453 g/mol. The summed E-state index contributed by atoms with van der Waals surface area (Å²) in [6, 6.07) is 22.7. The highest BCUT2D eigenvalue weighted by Crippen LogP contribution is 2.33. The van der Waals surface area contributed by atoms with Crippen LogP contribution in [0.3, 0.4) is 0 Å². The molecule has 5 heteroatoms. The van der Waals surface area contributed by atoms with Gasteiger partial charge in [-0.25, -0.2) is 4.98 Å². The minimum atomic E-state index is 0.0476. The number of anilines is 1. The standard InChI is InChI=1S/C29H31N3O2/c1-4-22-12-14-24(15-13-22)32-19-23(18-28(32)33)29-30-25-9-5-6-10-26(25)31(29)16-17-34-27-11-7-8-20(2)21(27)3/h5-15,23H,4,16-19H2,1-3H3/t23-/m0/s1. The minimum absolute atomic E-state index is 0.0476. The van der Waals surface area contributed by atoms with Gasteiger partial charge < -0.3 is 14.2 Å². The van der Waals surface area contributed by atoms with Crippen LogP contribution in [0, 0.1) is 13.8 Å². The molecule has 0 spiro atoms. The number of para-hydroxylation sites is 2. The van der Waals surface area contributed by atoms with Gasteiger partial charge in [0, 0.05) is 24.6 Å². The number of rotatable bonds is 7. The Kier molecular flexibility index (Phi) is 6.10. The Hall–Kier alpha value is -3.60. The number of hydrogen-bond donors (Lipinski definition) is 0. The molecule has 0 unspecified atom stereocenters. The zero-order valence-corrected chi connectivity index (χ0v) is 20.1. The van der Waals surface area contributed by atoms with E-state index < -0.39 is 0 Å². The van der Waals surface area contributed by atoms with Crippen molar-refractivity contribution in [2.45, 2.75) is 46.1 Å². The Bertz CT molecular complexity index is 1320. The molecule has 34 heavy (non-hydrogen) atoms. The summed E-state index contributed by atoms with van der Waals surface area (Å²) in [6.45, 7) is 8.20. The van der Waals surface area contributed by atoms with Gasteiger partial charge in [0.15, 0.2) is 0 Å². The van der Waals surface area contributed by atoms with E-state index in [-0.39, 0.29) is 11.8 Å². The van der Waals surface area contributed by atoms with E-state index in [1.165, 1.54) is 16.7 Å². The number of fused-ring (bicyclic) bond motifs is 1. The molecule has 2 heterocycles. The van der Waals surface area contributed by atoms with Crippen LogP contribution in [0.1, 0.15) is 41.8 Å². The van der Waals surface area contributed by atoms with Gasteiger partial charge in [0.1, 0.15) is 18.2 Å². The molecular formula is C29H31N3O2. The Balaban J connectivity index is 1.39. The number of hydrogen-bond acceptors (Lipinski definition) is 3. The van der Waals surface area contributed by atoms with Crippen LogP contribution in [-0.4, -0.2) is 28.6 Å². The van der Waals surface area contributed by atoms with Crippen LogP contribution in [0.5, 0.6) is 5.75 Å². The number of nitrogens with zero attached hydrogens (tertiary/aromatic N) is 3. The lowest BCUT2D eigenvalue weighted by molar-refractivity contribution is -0.117. The third-order valence-electron chi connectivity index (χ3n) is 6.96. The van der Waals surface area contributed by atoms with Crippen molar-refractivity contribution in [3.8, 4) is 5.75 Å². The molecule has 1 amide bonds. The molecule has 0 saturated carbocycles. The average molecular weight is 454 g/mol. The second-order valence-electron chi connectivity index (χ2n) is 9.08. The first kappa shape index (κ1) is 22.2.